The molecule has 0 aromatic carbocycles. The molecule has 4 N–H and O–H groups in total. The fourth-order valence-electron chi connectivity index (χ4n) is 2.45. The van der Waals surface area contributed by atoms with E-state index in [1.807, 2.05) is 0 Å². The topological polar surface area (TPSA) is 141 Å². The fraction of sp³-hybridized carbons (Fsp3) is 0.429. The predicted octanol–water partition coefficient (Wildman–Crippen LogP) is 1.76. The molecule has 3 rings (SSSR count). The van der Waals surface area contributed by atoms with Gasteiger partial charge in [0.25, 0.3) is 0 Å². The second-order valence-electron chi connectivity index (χ2n) is 5.34. The van der Waals surface area contributed by atoms with Gasteiger partial charge in [0.1, 0.15) is 5.76 Å². The second kappa shape index (κ2) is 7.13. The van der Waals surface area contributed by atoms with Crippen molar-refractivity contribution >= 4 is 23.3 Å². The van der Waals surface area contributed by atoms with Crippen LogP contribution in [0, 0.1) is 10.1 Å². The molecular formula is C14H18N6O4. The number of aromatic nitrogens is 2. The van der Waals surface area contributed by atoms with Gasteiger partial charge in [0.05, 0.1) is 23.8 Å². The summed E-state index contributed by atoms with van der Waals surface area (Å²) in [7, 11) is 0. The van der Waals surface area contributed by atoms with Crippen LogP contribution in [-0.2, 0) is 11.3 Å². The van der Waals surface area contributed by atoms with Gasteiger partial charge in [-0.3, -0.25) is 10.1 Å². The van der Waals surface area contributed by atoms with Gasteiger partial charge in [-0.05, 0) is 25.0 Å². The van der Waals surface area contributed by atoms with E-state index in [1.54, 1.807) is 12.1 Å². The van der Waals surface area contributed by atoms with Crippen LogP contribution in [0.25, 0.3) is 0 Å². The number of nitrogens with two attached hydrogens (primary N) is 1. The van der Waals surface area contributed by atoms with Crippen molar-refractivity contribution < 1.29 is 14.1 Å². The molecule has 128 valence electrons. The first-order chi connectivity index (χ1) is 11.6. The van der Waals surface area contributed by atoms with E-state index in [2.05, 4.69) is 20.6 Å². The molecule has 10 nitrogen and oxygen atoms in total. The Morgan fingerprint density at radius 1 is 1.42 bits per heavy atom. The number of hydrogen-bond acceptors (Lipinski definition) is 9. The van der Waals surface area contributed by atoms with Crippen molar-refractivity contribution in [2.45, 2.75) is 25.5 Å². The third-order valence-corrected chi connectivity index (χ3v) is 3.62. The monoisotopic (exact) mass is 334 g/mol. The zero-order valence-electron chi connectivity index (χ0n) is 12.9. The summed E-state index contributed by atoms with van der Waals surface area (Å²) in [6, 6.07) is 3.48. The van der Waals surface area contributed by atoms with Gasteiger partial charge in [0.15, 0.2) is 0 Å². The molecule has 2 aromatic rings. The number of rotatable bonds is 7. The lowest BCUT2D eigenvalue weighted by molar-refractivity contribution is -0.383. The Balaban J connectivity index is 1.76. The highest BCUT2D eigenvalue weighted by Crippen LogP contribution is 2.29. The summed E-state index contributed by atoms with van der Waals surface area (Å²) in [5, 5.41) is 17.1. The molecule has 1 aliphatic rings. The highest BCUT2D eigenvalue weighted by molar-refractivity contribution is 5.69. The standard InChI is InChI=1S/C14H18N6O4/c15-12-11(20(21)22)13(16-7-9-3-1-5-23-9)19-14(18-12)17-8-10-4-2-6-24-10/h1,3,5,10H,2,4,6-8H2,(H4,15,16,17,18,19)/t10-/m0/s1. The molecule has 0 spiro atoms. The molecule has 0 radical (unpaired) electrons. The van der Waals surface area contributed by atoms with E-state index in [0.29, 0.717) is 12.3 Å². The zero-order chi connectivity index (χ0) is 16.9. The average molecular weight is 334 g/mol. The molecule has 10 heteroatoms. The lowest BCUT2D eigenvalue weighted by Gasteiger charge is -2.12. The summed E-state index contributed by atoms with van der Waals surface area (Å²) in [6.07, 6.45) is 3.59. The van der Waals surface area contributed by atoms with E-state index in [0.717, 1.165) is 19.4 Å². The summed E-state index contributed by atoms with van der Waals surface area (Å²) in [4.78, 5) is 18.7. The molecule has 24 heavy (non-hydrogen) atoms. The third kappa shape index (κ3) is 3.71. The first-order valence-electron chi connectivity index (χ1n) is 7.57. The Kier molecular flexibility index (Phi) is 4.75. The van der Waals surface area contributed by atoms with Crippen molar-refractivity contribution in [3.63, 3.8) is 0 Å². The largest absolute Gasteiger partial charge is 0.467 e. The van der Waals surface area contributed by atoms with Gasteiger partial charge in [0.2, 0.25) is 17.6 Å². The van der Waals surface area contributed by atoms with E-state index in [1.165, 1.54) is 6.26 Å². The molecule has 0 bridgehead atoms. The Hall–Kier alpha value is -2.88. The lowest BCUT2D eigenvalue weighted by atomic mass is 10.2. The molecule has 2 aromatic heterocycles. The Morgan fingerprint density at radius 2 is 2.29 bits per heavy atom. The second-order valence-corrected chi connectivity index (χ2v) is 5.34. The highest BCUT2D eigenvalue weighted by Gasteiger charge is 2.24. The summed E-state index contributed by atoms with van der Waals surface area (Å²) in [5.41, 5.74) is 5.37. The van der Waals surface area contributed by atoms with E-state index >= 15 is 0 Å². The van der Waals surface area contributed by atoms with Crippen molar-refractivity contribution in [1.29, 1.82) is 0 Å². The van der Waals surface area contributed by atoms with Crippen molar-refractivity contribution in [3.8, 4) is 0 Å². The first-order valence-corrected chi connectivity index (χ1v) is 7.57. The molecule has 1 atom stereocenters. The molecule has 0 unspecified atom stereocenters. The Labute approximate surface area is 137 Å². The van der Waals surface area contributed by atoms with Crippen LogP contribution in [0.5, 0.6) is 0 Å². The SMILES string of the molecule is Nc1nc(NC[C@@H]2CCCO2)nc(NCc2ccco2)c1[N+](=O)[O-]. The average Bonchev–Trinajstić information content (AvgIpc) is 3.23. The van der Waals surface area contributed by atoms with Gasteiger partial charge in [-0.15, -0.1) is 0 Å². The van der Waals surface area contributed by atoms with Gasteiger partial charge in [-0.1, -0.05) is 0 Å². The number of nitrogens with zero attached hydrogens (tertiary/aromatic N) is 3. The van der Waals surface area contributed by atoms with Gasteiger partial charge in [-0.25, -0.2) is 0 Å². The fourth-order valence-corrected chi connectivity index (χ4v) is 2.45. The van der Waals surface area contributed by atoms with Crippen molar-refractivity contribution in [1.82, 2.24) is 9.97 Å². The summed E-state index contributed by atoms with van der Waals surface area (Å²) in [5.74, 6) is 0.677. The van der Waals surface area contributed by atoms with Crippen LogP contribution >= 0.6 is 0 Å². The molecule has 0 amide bonds. The number of ether oxygens (including phenoxy) is 1. The van der Waals surface area contributed by atoms with Crippen LogP contribution < -0.4 is 16.4 Å². The first kappa shape index (κ1) is 16.0. The number of anilines is 3. The van der Waals surface area contributed by atoms with Crippen LogP contribution in [-0.4, -0.2) is 34.1 Å². The van der Waals surface area contributed by atoms with E-state index in [4.69, 9.17) is 14.9 Å². The molecule has 0 aliphatic carbocycles. The minimum Gasteiger partial charge on any atom is -0.467 e. The molecule has 1 saturated heterocycles. The maximum Gasteiger partial charge on any atom is 0.353 e. The van der Waals surface area contributed by atoms with Crippen molar-refractivity contribution in [2.24, 2.45) is 0 Å². The highest BCUT2D eigenvalue weighted by atomic mass is 16.6. The van der Waals surface area contributed by atoms with E-state index < -0.39 is 4.92 Å². The summed E-state index contributed by atoms with van der Waals surface area (Å²) < 4.78 is 10.7. The smallest absolute Gasteiger partial charge is 0.353 e. The number of nitrogen functional groups attached to an aromatic ring is 1. The predicted molar refractivity (Wildman–Crippen MR) is 86.6 cm³/mol. The quantitative estimate of drug-likeness (QED) is 0.510. The number of hydrogen-bond donors (Lipinski definition) is 3. The minimum absolute atomic E-state index is 0.0405. The maximum absolute atomic E-state index is 11.2. The third-order valence-electron chi connectivity index (χ3n) is 3.62. The Bertz CT molecular complexity index is 700. The van der Waals surface area contributed by atoms with Gasteiger partial charge in [0, 0.05) is 13.2 Å². The lowest BCUT2D eigenvalue weighted by Crippen LogP contribution is -2.20. The molecular weight excluding hydrogens is 316 g/mol. The maximum atomic E-state index is 11.2. The number of furan rings is 1. The number of nitro groups is 1. The zero-order valence-corrected chi connectivity index (χ0v) is 12.9. The van der Waals surface area contributed by atoms with Crippen LogP contribution in [0.15, 0.2) is 22.8 Å². The normalized spacial score (nSPS) is 16.9. The molecule has 0 saturated carbocycles. The van der Waals surface area contributed by atoms with Crippen LogP contribution in [0.4, 0.5) is 23.3 Å². The van der Waals surface area contributed by atoms with Crippen molar-refractivity contribution in [2.75, 3.05) is 29.5 Å². The molecule has 1 fully saturated rings. The van der Waals surface area contributed by atoms with E-state index in [9.17, 15) is 10.1 Å². The molecule has 3 heterocycles. The Morgan fingerprint density at radius 3 is 2.96 bits per heavy atom. The van der Waals surface area contributed by atoms with Crippen molar-refractivity contribution in [3.05, 3.63) is 34.3 Å². The van der Waals surface area contributed by atoms with Gasteiger partial charge >= 0.3 is 5.69 Å². The van der Waals surface area contributed by atoms with Crippen LogP contribution in [0.3, 0.4) is 0 Å². The van der Waals surface area contributed by atoms with Crippen LogP contribution in [0.2, 0.25) is 0 Å². The summed E-state index contributed by atoms with van der Waals surface area (Å²) in [6.45, 7) is 1.51. The molecule has 1 aliphatic heterocycles. The minimum atomic E-state index is -0.607. The van der Waals surface area contributed by atoms with Gasteiger partial charge in [-0.2, -0.15) is 9.97 Å². The van der Waals surface area contributed by atoms with E-state index in [-0.39, 0.29) is 35.9 Å². The van der Waals surface area contributed by atoms with Gasteiger partial charge < -0.3 is 25.5 Å². The number of nitrogens with one attached hydrogen (secondary N) is 2. The summed E-state index contributed by atoms with van der Waals surface area (Å²) >= 11 is 0. The van der Waals surface area contributed by atoms with Crippen LogP contribution in [0.1, 0.15) is 18.6 Å².